The molecule has 4 aromatic heterocycles. The Morgan fingerprint density at radius 1 is 1.07 bits per heavy atom. The average molecular weight is 573 g/mol. The van der Waals surface area contributed by atoms with E-state index in [1.165, 1.54) is 0 Å². The van der Waals surface area contributed by atoms with Crippen LogP contribution in [0.3, 0.4) is 0 Å². The molecule has 5 aromatic rings. The molecule has 1 atom stereocenters. The molecule has 4 N–H and O–H groups in total. The molecule has 0 spiro atoms. The van der Waals surface area contributed by atoms with Crippen molar-refractivity contribution in [2.24, 2.45) is 0 Å². The van der Waals surface area contributed by atoms with Crippen LogP contribution in [0.1, 0.15) is 64.5 Å². The van der Waals surface area contributed by atoms with Crippen molar-refractivity contribution in [2.45, 2.75) is 65.3 Å². The van der Waals surface area contributed by atoms with E-state index in [1.54, 1.807) is 42.9 Å². The normalized spacial score (nSPS) is 12.7. The first-order valence-corrected chi connectivity index (χ1v) is 14.0. The zero-order chi connectivity index (χ0) is 30.0. The Labute approximate surface area is 243 Å². The van der Waals surface area contributed by atoms with Gasteiger partial charge in [-0.1, -0.05) is 42.4 Å². The minimum Gasteiger partial charge on any atom is -0.394 e. The summed E-state index contributed by atoms with van der Waals surface area (Å²) in [5, 5.41) is 31.7. The van der Waals surface area contributed by atoms with Gasteiger partial charge in [-0.2, -0.15) is 4.98 Å². The third kappa shape index (κ3) is 5.76. The molecule has 12 heteroatoms. The van der Waals surface area contributed by atoms with Gasteiger partial charge in [-0.15, -0.1) is 0 Å². The van der Waals surface area contributed by atoms with Gasteiger partial charge in [-0.25, -0.2) is 14.6 Å². The highest BCUT2D eigenvalue weighted by molar-refractivity contribution is 5.79. The van der Waals surface area contributed by atoms with Crippen molar-refractivity contribution in [1.82, 2.24) is 29.5 Å². The van der Waals surface area contributed by atoms with Crippen LogP contribution in [-0.2, 0) is 12.1 Å². The Morgan fingerprint density at radius 3 is 2.48 bits per heavy atom. The topological polar surface area (TPSA) is 156 Å². The number of nitrogens with one attached hydrogen (secondary N) is 2. The molecule has 42 heavy (non-hydrogen) atoms. The molecule has 0 aliphatic carbocycles. The second kappa shape index (κ2) is 11.7. The molecule has 0 aliphatic heterocycles. The minimum atomic E-state index is -1.29. The molecule has 0 radical (unpaired) electrons. The summed E-state index contributed by atoms with van der Waals surface area (Å²) in [7, 11) is 0. The van der Waals surface area contributed by atoms with Gasteiger partial charge < -0.3 is 25.4 Å². The van der Waals surface area contributed by atoms with E-state index in [2.05, 4.69) is 25.8 Å². The Bertz CT molecular complexity index is 1730. The fraction of sp³-hybridized carbons (Fsp3) is 0.367. The highest BCUT2D eigenvalue weighted by atomic mass is 16.5. The smallest absolute Gasteiger partial charge is 0.276 e. The first-order valence-electron chi connectivity index (χ1n) is 14.0. The van der Waals surface area contributed by atoms with Crippen LogP contribution >= 0.6 is 0 Å². The predicted molar refractivity (Wildman–Crippen MR) is 161 cm³/mol. The molecule has 0 amide bonds. The average Bonchev–Trinajstić information content (AvgIpc) is 3.56. The van der Waals surface area contributed by atoms with Crippen LogP contribution in [0.15, 0.2) is 64.0 Å². The number of anilines is 3. The van der Waals surface area contributed by atoms with Crippen molar-refractivity contribution in [3.05, 3.63) is 76.5 Å². The lowest BCUT2D eigenvalue weighted by molar-refractivity contribution is 0.0661. The van der Waals surface area contributed by atoms with Crippen molar-refractivity contribution < 1.29 is 14.7 Å². The molecule has 1 aromatic carbocycles. The zero-order valence-electron chi connectivity index (χ0n) is 24.4. The molecule has 0 aliphatic rings. The van der Waals surface area contributed by atoms with Crippen LogP contribution in [0.2, 0.25) is 0 Å². The maximum absolute atomic E-state index is 13.0. The van der Waals surface area contributed by atoms with Gasteiger partial charge in [-0.05, 0) is 51.8 Å². The monoisotopic (exact) mass is 572 g/mol. The van der Waals surface area contributed by atoms with Gasteiger partial charge in [0, 0.05) is 24.8 Å². The molecule has 4 heterocycles. The van der Waals surface area contributed by atoms with E-state index in [4.69, 9.17) is 9.51 Å². The van der Waals surface area contributed by atoms with Crippen LogP contribution in [0.4, 0.5) is 17.3 Å². The predicted octanol–water partition coefficient (Wildman–Crippen LogP) is 4.75. The third-order valence-electron chi connectivity index (χ3n) is 6.82. The molecule has 0 bridgehead atoms. The third-order valence-corrected chi connectivity index (χ3v) is 6.82. The standard InChI is InChI=1S/C30H36N8O4/c1-6-14-37-28(40)20-12-13-24(34-26(20)38(37)18(2)3)33-25-15-22(32-23(17-39)19-10-8-7-9-11-19)21(16-31-25)27-35-29(36-42-27)30(4,5)41/h7-13,15-16,18,23,39,41H,6,14,17H2,1-5H3,(H2,31,32,33,34)/t23-/m1/s1. The largest absolute Gasteiger partial charge is 0.394 e. The van der Waals surface area contributed by atoms with Crippen LogP contribution in [-0.4, -0.2) is 46.3 Å². The Hall–Kier alpha value is -4.55. The summed E-state index contributed by atoms with van der Waals surface area (Å²) < 4.78 is 9.15. The van der Waals surface area contributed by atoms with Gasteiger partial charge in [-0.3, -0.25) is 9.48 Å². The Morgan fingerprint density at radius 2 is 1.83 bits per heavy atom. The van der Waals surface area contributed by atoms with Crippen molar-refractivity contribution >= 4 is 28.4 Å². The number of aliphatic hydroxyl groups excluding tert-OH is 1. The van der Waals surface area contributed by atoms with E-state index in [1.807, 2.05) is 55.8 Å². The van der Waals surface area contributed by atoms with Gasteiger partial charge in [0.2, 0.25) is 5.82 Å². The summed E-state index contributed by atoms with van der Waals surface area (Å²) in [5.74, 6) is 1.28. The van der Waals surface area contributed by atoms with E-state index in [9.17, 15) is 15.0 Å². The highest BCUT2D eigenvalue weighted by Gasteiger charge is 2.26. The summed E-state index contributed by atoms with van der Waals surface area (Å²) in [4.78, 5) is 26.8. The first kappa shape index (κ1) is 29.0. The van der Waals surface area contributed by atoms with Gasteiger partial charge >= 0.3 is 0 Å². The fourth-order valence-electron chi connectivity index (χ4n) is 4.79. The van der Waals surface area contributed by atoms with Crippen LogP contribution in [0, 0.1) is 0 Å². The SMILES string of the molecule is CCCn1c(=O)c2ccc(Nc3cc(N[C@H](CO)c4ccccc4)c(-c4nc(C(C)(C)O)no4)cn3)nc2n1C(C)C. The molecule has 5 rings (SSSR count). The maximum Gasteiger partial charge on any atom is 0.276 e. The van der Waals surface area contributed by atoms with Crippen LogP contribution in [0.25, 0.3) is 22.5 Å². The lowest BCUT2D eigenvalue weighted by Gasteiger charge is -2.20. The first-order chi connectivity index (χ1) is 20.1. The van der Waals surface area contributed by atoms with Crippen molar-refractivity contribution in [1.29, 1.82) is 0 Å². The van der Waals surface area contributed by atoms with E-state index in [0.29, 0.717) is 40.5 Å². The number of hydrogen-bond acceptors (Lipinski definition) is 10. The van der Waals surface area contributed by atoms with Crippen LogP contribution in [0.5, 0.6) is 0 Å². The molecule has 0 fully saturated rings. The maximum atomic E-state index is 13.0. The Balaban J connectivity index is 1.55. The van der Waals surface area contributed by atoms with Crippen molar-refractivity contribution in [3.8, 4) is 11.5 Å². The van der Waals surface area contributed by atoms with E-state index in [0.717, 1.165) is 12.0 Å². The van der Waals surface area contributed by atoms with Crippen molar-refractivity contribution in [2.75, 3.05) is 17.2 Å². The molecule has 12 nitrogen and oxygen atoms in total. The Kier molecular flexibility index (Phi) is 8.10. The summed E-state index contributed by atoms with van der Waals surface area (Å²) in [6.45, 7) is 9.66. The number of rotatable bonds is 11. The lowest BCUT2D eigenvalue weighted by Crippen LogP contribution is -2.24. The summed E-state index contributed by atoms with van der Waals surface area (Å²) >= 11 is 0. The molecule has 0 saturated heterocycles. The molecule has 0 saturated carbocycles. The number of pyridine rings is 2. The number of aromatic nitrogens is 6. The van der Waals surface area contributed by atoms with E-state index in [-0.39, 0.29) is 29.9 Å². The number of nitrogens with zero attached hydrogens (tertiary/aromatic N) is 6. The minimum absolute atomic E-state index is 0.0364. The molecule has 220 valence electrons. The van der Waals surface area contributed by atoms with Gasteiger partial charge in [0.05, 0.1) is 29.3 Å². The lowest BCUT2D eigenvalue weighted by atomic mass is 10.1. The van der Waals surface area contributed by atoms with Gasteiger partial charge in [0.1, 0.15) is 17.2 Å². The summed E-state index contributed by atoms with van der Waals surface area (Å²) in [6, 6.07) is 14.4. The molecule has 0 unspecified atom stereocenters. The number of aliphatic hydroxyl groups is 2. The summed E-state index contributed by atoms with van der Waals surface area (Å²) in [5.41, 5.74) is 1.18. The molecular weight excluding hydrogens is 536 g/mol. The number of hydrogen-bond donors (Lipinski definition) is 4. The summed E-state index contributed by atoms with van der Waals surface area (Å²) in [6.07, 6.45) is 2.40. The number of benzene rings is 1. The highest BCUT2D eigenvalue weighted by Crippen LogP contribution is 2.33. The van der Waals surface area contributed by atoms with E-state index < -0.39 is 11.6 Å². The van der Waals surface area contributed by atoms with Crippen LogP contribution < -0.4 is 16.2 Å². The number of fused-ring (bicyclic) bond motifs is 1. The quantitative estimate of drug-likeness (QED) is 0.174. The molecular formula is C30H36N8O4. The second-order valence-electron chi connectivity index (χ2n) is 10.9. The second-order valence-corrected chi connectivity index (χ2v) is 10.9. The van der Waals surface area contributed by atoms with Gasteiger partial charge in [0.15, 0.2) is 5.65 Å². The van der Waals surface area contributed by atoms with Crippen molar-refractivity contribution in [3.63, 3.8) is 0 Å². The fourth-order valence-corrected chi connectivity index (χ4v) is 4.79. The zero-order valence-corrected chi connectivity index (χ0v) is 24.4. The van der Waals surface area contributed by atoms with Gasteiger partial charge in [0.25, 0.3) is 11.4 Å². The van der Waals surface area contributed by atoms with E-state index >= 15 is 0 Å².